The van der Waals surface area contributed by atoms with Crippen LogP contribution in [-0.4, -0.2) is 36.2 Å². The van der Waals surface area contributed by atoms with Gasteiger partial charge in [-0.3, -0.25) is 10.1 Å². The van der Waals surface area contributed by atoms with Crippen molar-refractivity contribution in [2.75, 3.05) is 18.6 Å². The van der Waals surface area contributed by atoms with E-state index in [-0.39, 0.29) is 12.0 Å². The normalized spacial score (nSPS) is 15.1. The third-order valence-corrected chi connectivity index (χ3v) is 3.09. The lowest BCUT2D eigenvalue weighted by Gasteiger charge is -2.30. The van der Waals surface area contributed by atoms with Crippen LogP contribution in [0.15, 0.2) is 0 Å². The minimum Gasteiger partial charge on any atom is -0.468 e. The first-order valence-corrected chi connectivity index (χ1v) is 6.55. The molecule has 1 N–H and O–H groups in total. The molecule has 0 aliphatic carbocycles. The van der Waals surface area contributed by atoms with Crippen molar-refractivity contribution in [3.05, 3.63) is 0 Å². The summed E-state index contributed by atoms with van der Waals surface area (Å²) in [6.45, 7) is 8.10. The Balaban J connectivity index is 4.33. The maximum atomic E-state index is 11.7. The van der Waals surface area contributed by atoms with Crippen molar-refractivity contribution in [2.45, 2.75) is 45.7 Å². The molecule has 0 aromatic rings. The van der Waals surface area contributed by atoms with Gasteiger partial charge in [-0.05, 0) is 38.7 Å². The number of carbonyl (C=O) groups excluding carboxylic acids is 1. The number of esters is 1. The van der Waals surface area contributed by atoms with Crippen molar-refractivity contribution in [1.82, 2.24) is 5.32 Å². The smallest absolute Gasteiger partial charge is 0.325 e. The summed E-state index contributed by atoms with van der Waals surface area (Å²) in [7, 11) is 1.44. The number of rotatable bonds is 7. The molecule has 0 amide bonds. The highest BCUT2D eigenvalue weighted by molar-refractivity contribution is 7.99. The molecule has 1 atom stereocenters. The van der Waals surface area contributed by atoms with Crippen LogP contribution in [0.25, 0.3) is 0 Å². The lowest BCUT2D eigenvalue weighted by atomic mass is 9.98. The number of hydrogen-bond acceptors (Lipinski definition) is 4. The molecule has 4 heteroatoms. The van der Waals surface area contributed by atoms with Crippen LogP contribution in [0, 0.1) is 0 Å². The van der Waals surface area contributed by atoms with E-state index in [1.54, 1.807) is 0 Å². The van der Waals surface area contributed by atoms with E-state index in [4.69, 9.17) is 4.74 Å². The van der Waals surface area contributed by atoms with E-state index >= 15 is 0 Å². The van der Waals surface area contributed by atoms with E-state index in [1.807, 2.05) is 32.5 Å². The summed E-state index contributed by atoms with van der Waals surface area (Å²) < 4.78 is 4.84. The predicted molar refractivity (Wildman–Crippen MR) is 66.3 cm³/mol. The van der Waals surface area contributed by atoms with Crippen LogP contribution in [-0.2, 0) is 9.53 Å². The maximum absolute atomic E-state index is 11.7. The van der Waals surface area contributed by atoms with Crippen LogP contribution in [0.1, 0.15) is 34.1 Å². The van der Waals surface area contributed by atoms with E-state index in [0.717, 1.165) is 17.9 Å². The Bertz CT molecular complexity index is 197. The van der Waals surface area contributed by atoms with Crippen molar-refractivity contribution < 1.29 is 9.53 Å². The zero-order valence-corrected chi connectivity index (χ0v) is 11.2. The van der Waals surface area contributed by atoms with Crippen LogP contribution in [0.3, 0.4) is 0 Å². The average molecular weight is 233 g/mol. The highest BCUT2D eigenvalue weighted by Gasteiger charge is 2.33. The summed E-state index contributed by atoms with van der Waals surface area (Å²) in [6.07, 6.45) is 0.802. The monoisotopic (exact) mass is 233 g/mol. The largest absolute Gasteiger partial charge is 0.468 e. The first kappa shape index (κ1) is 14.8. The molecule has 0 rings (SSSR count). The summed E-state index contributed by atoms with van der Waals surface area (Å²) in [4.78, 5) is 11.7. The number of hydrogen-bond donors (Lipinski definition) is 1. The summed E-state index contributed by atoms with van der Waals surface area (Å²) >= 11 is 1.84. The average Bonchev–Trinajstić information content (AvgIpc) is 2.15. The number of methoxy groups -OCH3 is 1. The van der Waals surface area contributed by atoms with Gasteiger partial charge in [0.05, 0.1) is 7.11 Å². The minimum absolute atomic E-state index is 0.173. The number of ether oxygens (including phenoxy) is 1. The molecular formula is C11H23NO2S. The Morgan fingerprint density at radius 3 is 2.53 bits per heavy atom. The van der Waals surface area contributed by atoms with Gasteiger partial charge in [0.2, 0.25) is 0 Å². The number of nitrogens with one attached hydrogen (secondary N) is 1. The zero-order chi connectivity index (χ0) is 11.9. The SMILES string of the molecule is CCSCCC(C)(NC(C)C)C(=O)OC. The Morgan fingerprint density at radius 2 is 2.13 bits per heavy atom. The lowest BCUT2D eigenvalue weighted by molar-refractivity contribution is -0.148. The predicted octanol–water partition coefficient (Wildman–Crippen LogP) is 2.06. The molecule has 0 bridgehead atoms. The Kier molecular flexibility index (Phi) is 7.02. The highest BCUT2D eigenvalue weighted by Crippen LogP contribution is 2.16. The number of thioether (sulfide) groups is 1. The molecule has 0 aromatic heterocycles. The van der Waals surface area contributed by atoms with Crippen LogP contribution < -0.4 is 5.32 Å². The standard InChI is InChI=1S/C11H23NO2S/c1-6-15-8-7-11(4,10(13)14-5)12-9(2)3/h9,12H,6-8H2,1-5H3. The third kappa shape index (κ3) is 5.42. The van der Waals surface area contributed by atoms with E-state index in [0.29, 0.717) is 0 Å². The molecule has 0 aromatic carbocycles. The molecule has 0 fully saturated rings. The van der Waals surface area contributed by atoms with Gasteiger partial charge in [-0.2, -0.15) is 11.8 Å². The Labute approximate surface area is 97.3 Å². The van der Waals surface area contributed by atoms with Crippen LogP contribution in [0.4, 0.5) is 0 Å². The molecule has 90 valence electrons. The highest BCUT2D eigenvalue weighted by atomic mass is 32.2. The molecule has 15 heavy (non-hydrogen) atoms. The van der Waals surface area contributed by atoms with E-state index < -0.39 is 5.54 Å². The second-order valence-electron chi connectivity index (χ2n) is 4.07. The summed E-state index contributed by atoms with van der Waals surface area (Å²) in [6, 6.07) is 0.278. The Morgan fingerprint density at radius 1 is 1.53 bits per heavy atom. The van der Waals surface area contributed by atoms with Gasteiger partial charge in [-0.1, -0.05) is 6.92 Å². The molecule has 0 spiro atoms. The van der Waals surface area contributed by atoms with Gasteiger partial charge < -0.3 is 4.74 Å². The van der Waals surface area contributed by atoms with Crippen molar-refractivity contribution in [2.24, 2.45) is 0 Å². The fourth-order valence-corrected chi connectivity index (χ4v) is 2.36. The topological polar surface area (TPSA) is 38.3 Å². The van der Waals surface area contributed by atoms with Gasteiger partial charge >= 0.3 is 5.97 Å². The van der Waals surface area contributed by atoms with Crippen LogP contribution in [0.5, 0.6) is 0 Å². The van der Waals surface area contributed by atoms with Gasteiger partial charge in [0.1, 0.15) is 5.54 Å². The van der Waals surface area contributed by atoms with E-state index in [1.165, 1.54) is 7.11 Å². The van der Waals surface area contributed by atoms with Gasteiger partial charge in [-0.15, -0.1) is 0 Å². The van der Waals surface area contributed by atoms with Gasteiger partial charge in [-0.25, -0.2) is 0 Å². The molecule has 1 unspecified atom stereocenters. The third-order valence-electron chi connectivity index (χ3n) is 2.19. The maximum Gasteiger partial charge on any atom is 0.325 e. The molecule has 3 nitrogen and oxygen atoms in total. The molecule has 0 saturated heterocycles. The van der Waals surface area contributed by atoms with Crippen molar-refractivity contribution in [1.29, 1.82) is 0 Å². The molecule has 0 aliphatic heterocycles. The van der Waals surface area contributed by atoms with E-state index in [2.05, 4.69) is 12.2 Å². The second-order valence-corrected chi connectivity index (χ2v) is 5.46. The molecular weight excluding hydrogens is 210 g/mol. The quantitative estimate of drug-likeness (QED) is 0.539. The van der Waals surface area contributed by atoms with Crippen LogP contribution in [0.2, 0.25) is 0 Å². The first-order chi connectivity index (χ1) is 6.96. The van der Waals surface area contributed by atoms with E-state index in [9.17, 15) is 4.79 Å². The van der Waals surface area contributed by atoms with Gasteiger partial charge in [0, 0.05) is 6.04 Å². The summed E-state index contributed by atoms with van der Waals surface area (Å²) in [5, 5.41) is 3.28. The Hall–Kier alpha value is -0.220. The molecule has 0 aliphatic rings. The fraction of sp³-hybridized carbons (Fsp3) is 0.909. The molecule has 0 radical (unpaired) electrons. The zero-order valence-electron chi connectivity index (χ0n) is 10.4. The van der Waals surface area contributed by atoms with Crippen LogP contribution >= 0.6 is 11.8 Å². The first-order valence-electron chi connectivity index (χ1n) is 5.40. The summed E-state index contributed by atoms with van der Waals surface area (Å²) in [5.74, 6) is 1.88. The van der Waals surface area contributed by atoms with Crippen molar-refractivity contribution in [3.8, 4) is 0 Å². The number of carbonyl (C=O) groups is 1. The van der Waals surface area contributed by atoms with Crippen molar-refractivity contribution >= 4 is 17.7 Å². The summed E-state index contributed by atoms with van der Waals surface area (Å²) in [5.41, 5.74) is -0.551. The fourth-order valence-electron chi connectivity index (χ4n) is 1.52. The second kappa shape index (κ2) is 7.12. The van der Waals surface area contributed by atoms with Gasteiger partial charge in [0.15, 0.2) is 0 Å². The van der Waals surface area contributed by atoms with Gasteiger partial charge in [0.25, 0.3) is 0 Å². The van der Waals surface area contributed by atoms with Crippen molar-refractivity contribution in [3.63, 3.8) is 0 Å². The molecule has 0 heterocycles. The lowest BCUT2D eigenvalue weighted by Crippen LogP contribution is -2.53. The molecule has 0 saturated carbocycles. The minimum atomic E-state index is -0.551.